The van der Waals surface area contributed by atoms with Crippen molar-refractivity contribution in [3.63, 3.8) is 0 Å². The van der Waals surface area contributed by atoms with Crippen molar-refractivity contribution >= 4 is 17.7 Å². The number of carbonyl (C=O) groups excluding carboxylic acids is 1. The maximum atomic E-state index is 12.9. The predicted molar refractivity (Wildman–Crippen MR) is 71.2 cm³/mol. The third-order valence-electron chi connectivity index (χ3n) is 3.71. The highest BCUT2D eigenvalue weighted by molar-refractivity contribution is 7.99. The van der Waals surface area contributed by atoms with Crippen LogP contribution in [0, 0.1) is 17.7 Å². The number of piperidine rings is 1. The van der Waals surface area contributed by atoms with Gasteiger partial charge >= 0.3 is 0 Å². The molecule has 2 atom stereocenters. The summed E-state index contributed by atoms with van der Waals surface area (Å²) in [5.74, 6) is 3.39. The van der Waals surface area contributed by atoms with Gasteiger partial charge < -0.3 is 4.90 Å². The van der Waals surface area contributed by atoms with Crippen molar-refractivity contribution in [3.8, 4) is 0 Å². The van der Waals surface area contributed by atoms with Crippen molar-refractivity contribution in [2.45, 2.75) is 6.42 Å². The van der Waals surface area contributed by atoms with Gasteiger partial charge in [-0.1, -0.05) is 0 Å². The Labute approximate surface area is 111 Å². The zero-order valence-electron chi connectivity index (χ0n) is 10.1. The number of fused-ring (bicyclic) bond motifs is 2. The first-order valence-corrected chi connectivity index (χ1v) is 7.50. The van der Waals surface area contributed by atoms with E-state index in [1.165, 1.54) is 30.1 Å². The van der Waals surface area contributed by atoms with Crippen LogP contribution in [0.4, 0.5) is 4.39 Å². The molecule has 0 radical (unpaired) electrons. The van der Waals surface area contributed by atoms with Crippen LogP contribution >= 0.6 is 11.8 Å². The van der Waals surface area contributed by atoms with E-state index in [0.717, 1.165) is 13.1 Å². The van der Waals surface area contributed by atoms with E-state index in [9.17, 15) is 9.18 Å². The van der Waals surface area contributed by atoms with Gasteiger partial charge in [-0.15, -0.1) is 0 Å². The summed E-state index contributed by atoms with van der Waals surface area (Å²) in [5, 5.41) is 0. The molecule has 2 saturated heterocycles. The molecule has 0 spiro atoms. The van der Waals surface area contributed by atoms with Crippen molar-refractivity contribution in [2.75, 3.05) is 24.6 Å². The number of halogens is 1. The Bertz CT molecular complexity index is 436. The van der Waals surface area contributed by atoms with Crippen molar-refractivity contribution in [3.05, 3.63) is 35.6 Å². The van der Waals surface area contributed by atoms with Crippen LogP contribution in [0.25, 0.3) is 0 Å². The van der Waals surface area contributed by atoms with Gasteiger partial charge in [0.15, 0.2) is 0 Å². The number of rotatable bonds is 1. The summed E-state index contributed by atoms with van der Waals surface area (Å²) in [5.41, 5.74) is 0.601. The number of carbonyl (C=O) groups is 1. The van der Waals surface area contributed by atoms with E-state index in [4.69, 9.17) is 0 Å². The van der Waals surface area contributed by atoms with Crippen LogP contribution in [0.15, 0.2) is 24.3 Å². The summed E-state index contributed by atoms with van der Waals surface area (Å²) >= 11 is 2.01. The molecule has 4 heteroatoms. The molecule has 96 valence electrons. The van der Waals surface area contributed by atoms with Gasteiger partial charge in [0.05, 0.1) is 0 Å². The maximum Gasteiger partial charge on any atom is 0.253 e. The van der Waals surface area contributed by atoms with E-state index in [1.54, 1.807) is 12.1 Å². The van der Waals surface area contributed by atoms with Crippen molar-refractivity contribution in [2.24, 2.45) is 11.8 Å². The second-order valence-corrected chi connectivity index (χ2v) is 6.30. The zero-order chi connectivity index (χ0) is 12.5. The second kappa shape index (κ2) is 4.92. The first-order valence-electron chi connectivity index (χ1n) is 6.35. The molecule has 2 heterocycles. The van der Waals surface area contributed by atoms with Crippen LogP contribution in [0.2, 0.25) is 0 Å². The van der Waals surface area contributed by atoms with E-state index in [2.05, 4.69) is 0 Å². The molecule has 3 rings (SSSR count). The van der Waals surface area contributed by atoms with E-state index in [0.29, 0.717) is 17.4 Å². The number of thioether (sulfide) groups is 1. The molecular weight excluding hydrogens is 249 g/mol. The van der Waals surface area contributed by atoms with E-state index >= 15 is 0 Å². The van der Waals surface area contributed by atoms with Gasteiger partial charge in [-0.3, -0.25) is 4.79 Å². The lowest BCUT2D eigenvalue weighted by molar-refractivity contribution is 0.0622. The summed E-state index contributed by atoms with van der Waals surface area (Å²) in [6.07, 6.45) is 1.26. The molecule has 1 aromatic rings. The predicted octanol–water partition coefficient (Wildman–Crippen LogP) is 2.65. The SMILES string of the molecule is O=C(c1ccc(F)cc1)N1CC2CSCC(C2)C1. The molecule has 2 aliphatic heterocycles. The Hall–Kier alpha value is -1.03. The van der Waals surface area contributed by atoms with Crippen molar-refractivity contribution in [1.82, 2.24) is 4.90 Å². The molecule has 2 nitrogen and oxygen atoms in total. The second-order valence-electron chi connectivity index (χ2n) is 5.22. The Kier molecular flexibility index (Phi) is 3.29. The average Bonchev–Trinajstić information content (AvgIpc) is 2.38. The van der Waals surface area contributed by atoms with Gasteiger partial charge in [0.2, 0.25) is 0 Å². The molecule has 0 aliphatic carbocycles. The summed E-state index contributed by atoms with van der Waals surface area (Å²) in [6.45, 7) is 1.72. The fourth-order valence-electron chi connectivity index (χ4n) is 2.90. The molecular formula is C14H16FNOS. The number of likely N-dealkylation sites (tertiary alicyclic amines) is 1. The topological polar surface area (TPSA) is 20.3 Å². The third-order valence-corrected chi connectivity index (χ3v) is 5.12. The summed E-state index contributed by atoms with van der Waals surface area (Å²) in [6, 6.07) is 5.87. The number of nitrogens with zero attached hydrogens (tertiary/aromatic N) is 1. The molecule has 0 saturated carbocycles. The monoisotopic (exact) mass is 265 g/mol. The molecule has 2 unspecified atom stereocenters. The Morgan fingerprint density at radius 3 is 2.39 bits per heavy atom. The first-order chi connectivity index (χ1) is 8.72. The lowest BCUT2D eigenvalue weighted by atomic mass is 9.90. The quantitative estimate of drug-likeness (QED) is 0.778. The normalized spacial score (nSPS) is 27.1. The third kappa shape index (κ3) is 2.39. The molecule has 0 N–H and O–H groups in total. The molecule has 0 aromatic heterocycles. The molecule has 2 fully saturated rings. The van der Waals surface area contributed by atoms with Gasteiger partial charge in [0.25, 0.3) is 5.91 Å². The highest BCUT2D eigenvalue weighted by Gasteiger charge is 2.33. The maximum absolute atomic E-state index is 12.9. The number of benzene rings is 1. The highest BCUT2D eigenvalue weighted by atomic mass is 32.2. The minimum Gasteiger partial charge on any atom is -0.338 e. The Balaban J connectivity index is 1.74. The van der Waals surface area contributed by atoms with Crippen LogP contribution in [-0.4, -0.2) is 35.4 Å². The van der Waals surface area contributed by atoms with E-state index in [1.807, 2.05) is 16.7 Å². The van der Waals surface area contributed by atoms with Crippen LogP contribution in [-0.2, 0) is 0 Å². The van der Waals surface area contributed by atoms with Gasteiger partial charge in [0, 0.05) is 18.7 Å². The van der Waals surface area contributed by atoms with Crippen LogP contribution in [0.3, 0.4) is 0 Å². The fraction of sp³-hybridized carbons (Fsp3) is 0.500. The minimum atomic E-state index is -0.293. The van der Waals surface area contributed by atoms with Gasteiger partial charge in [0.1, 0.15) is 5.82 Å². The number of amides is 1. The average molecular weight is 265 g/mol. The van der Waals surface area contributed by atoms with Gasteiger partial charge in [-0.2, -0.15) is 11.8 Å². The molecule has 2 aliphatic rings. The van der Waals surface area contributed by atoms with Gasteiger partial charge in [-0.05, 0) is 54.0 Å². The van der Waals surface area contributed by atoms with Crippen LogP contribution in [0.1, 0.15) is 16.8 Å². The zero-order valence-corrected chi connectivity index (χ0v) is 11.0. The van der Waals surface area contributed by atoms with Crippen LogP contribution < -0.4 is 0 Å². The molecule has 2 bridgehead atoms. The largest absolute Gasteiger partial charge is 0.338 e. The summed E-state index contributed by atoms with van der Waals surface area (Å²) < 4.78 is 12.9. The number of hydrogen-bond donors (Lipinski definition) is 0. The van der Waals surface area contributed by atoms with Crippen molar-refractivity contribution < 1.29 is 9.18 Å². The lowest BCUT2D eigenvalue weighted by Gasteiger charge is -2.41. The highest BCUT2D eigenvalue weighted by Crippen LogP contribution is 2.33. The fourth-order valence-corrected chi connectivity index (χ4v) is 4.19. The lowest BCUT2D eigenvalue weighted by Crippen LogP contribution is -2.47. The van der Waals surface area contributed by atoms with E-state index < -0.39 is 0 Å². The molecule has 1 amide bonds. The van der Waals surface area contributed by atoms with Crippen molar-refractivity contribution in [1.29, 1.82) is 0 Å². The van der Waals surface area contributed by atoms with Gasteiger partial charge in [-0.25, -0.2) is 4.39 Å². The molecule has 1 aromatic carbocycles. The number of hydrogen-bond acceptors (Lipinski definition) is 2. The Morgan fingerprint density at radius 2 is 1.78 bits per heavy atom. The molecule has 18 heavy (non-hydrogen) atoms. The summed E-state index contributed by atoms with van der Waals surface area (Å²) in [4.78, 5) is 14.3. The standard InChI is InChI=1S/C14H16FNOS/c15-13-3-1-12(2-4-13)14(17)16-6-10-5-11(7-16)9-18-8-10/h1-4,10-11H,5-9H2. The summed E-state index contributed by atoms with van der Waals surface area (Å²) in [7, 11) is 0. The van der Waals surface area contributed by atoms with E-state index in [-0.39, 0.29) is 11.7 Å². The first kappa shape index (κ1) is 12.0. The van der Waals surface area contributed by atoms with Crippen LogP contribution in [0.5, 0.6) is 0 Å². The minimum absolute atomic E-state index is 0.0524. The smallest absolute Gasteiger partial charge is 0.253 e. The Morgan fingerprint density at radius 1 is 1.17 bits per heavy atom.